The number of ether oxygens (including phenoxy) is 4. The smallest absolute Gasteiger partial charge is 0.339 e. The number of rotatable bonds is 12. The van der Waals surface area contributed by atoms with E-state index in [9.17, 15) is 29.1 Å². The van der Waals surface area contributed by atoms with E-state index in [1.807, 2.05) is 0 Å². The fourth-order valence-electron chi connectivity index (χ4n) is 2.11. The molecule has 10 heteroatoms. The Morgan fingerprint density at radius 1 is 0.774 bits per heavy atom. The molecule has 31 heavy (non-hydrogen) atoms. The number of carboxylic acid groups (broad SMARTS) is 1. The minimum Gasteiger partial charge on any atom is -0.478 e. The molecular weight excluding hydrogens is 412 g/mol. The minimum atomic E-state index is -1.96. The number of hydrogen-bond acceptors (Lipinski definition) is 9. The highest BCUT2D eigenvalue weighted by Crippen LogP contribution is 2.18. The summed E-state index contributed by atoms with van der Waals surface area (Å²) in [6, 6.07) is 5.26. The molecule has 0 amide bonds. The van der Waals surface area contributed by atoms with E-state index in [0.29, 0.717) is 0 Å². The van der Waals surface area contributed by atoms with E-state index in [0.717, 1.165) is 18.2 Å². The van der Waals surface area contributed by atoms with Crippen molar-refractivity contribution < 1.29 is 48.0 Å². The molecule has 0 atom stereocenters. The summed E-state index contributed by atoms with van der Waals surface area (Å²) in [6.45, 7) is 7.58. The number of benzene rings is 1. The fourth-order valence-corrected chi connectivity index (χ4v) is 2.11. The maximum Gasteiger partial charge on any atom is 0.339 e. The Bertz CT molecular complexity index is 875. The summed E-state index contributed by atoms with van der Waals surface area (Å²) in [7, 11) is 0. The van der Waals surface area contributed by atoms with Gasteiger partial charge in [0.25, 0.3) is 0 Å². The first-order chi connectivity index (χ1) is 14.7. The molecule has 0 aliphatic rings. The third-order valence-electron chi connectivity index (χ3n) is 3.62. The second kappa shape index (κ2) is 11.7. The normalized spacial score (nSPS) is 10.2. The molecule has 1 aromatic carbocycles. The van der Waals surface area contributed by atoms with Crippen molar-refractivity contribution in [2.75, 3.05) is 19.8 Å². The zero-order chi connectivity index (χ0) is 23.4. The quantitative estimate of drug-likeness (QED) is 0.293. The Kier molecular flexibility index (Phi) is 9.38. The fraction of sp³-hybridized carbons (Fsp3) is 0.190. The molecule has 1 aromatic rings. The third-order valence-corrected chi connectivity index (χ3v) is 3.62. The van der Waals surface area contributed by atoms with Gasteiger partial charge in [0.2, 0.25) is 5.60 Å². The van der Waals surface area contributed by atoms with Crippen molar-refractivity contribution in [3.63, 3.8) is 0 Å². The maximum atomic E-state index is 12.5. The van der Waals surface area contributed by atoms with E-state index in [2.05, 4.69) is 19.7 Å². The molecule has 10 nitrogen and oxygen atoms in total. The highest BCUT2D eigenvalue weighted by molar-refractivity contribution is 6.02. The molecular formula is C21H20O10. The van der Waals surface area contributed by atoms with Crippen molar-refractivity contribution in [2.24, 2.45) is 0 Å². The van der Waals surface area contributed by atoms with Gasteiger partial charge in [-0.3, -0.25) is 0 Å². The van der Waals surface area contributed by atoms with Crippen LogP contribution in [0, 0.1) is 0 Å². The van der Waals surface area contributed by atoms with Crippen LogP contribution in [0.15, 0.2) is 62.2 Å². The molecule has 0 aliphatic carbocycles. The summed E-state index contributed by atoms with van der Waals surface area (Å²) in [5.41, 5.74) is -2.56. The second-order valence-corrected chi connectivity index (χ2v) is 5.86. The SMILES string of the molecule is C=CC(=O)OCC(COC(=O)C=C)(COC(=O)c1ccccc1C(=O)O)OC(=O)C=C. The molecule has 164 valence electrons. The van der Waals surface area contributed by atoms with E-state index >= 15 is 0 Å². The summed E-state index contributed by atoms with van der Waals surface area (Å²) in [5.74, 6) is -5.21. The average molecular weight is 432 g/mol. The van der Waals surface area contributed by atoms with Crippen LogP contribution in [0.25, 0.3) is 0 Å². The Morgan fingerprint density at radius 3 is 1.68 bits per heavy atom. The molecule has 0 bridgehead atoms. The molecule has 0 heterocycles. The van der Waals surface area contributed by atoms with Crippen molar-refractivity contribution in [1.82, 2.24) is 0 Å². The zero-order valence-corrected chi connectivity index (χ0v) is 16.4. The molecule has 0 saturated carbocycles. The van der Waals surface area contributed by atoms with Gasteiger partial charge in [-0.1, -0.05) is 31.9 Å². The second-order valence-electron chi connectivity index (χ2n) is 5.86. The number of hydrogen-bond donors (Lipinski definition) is 1. The van der Waals surface area contributed by atoms with Crippen LogP contribution in [0.2, 0.25) is 0 Å². The highest BCUT2D eigenvalue weighted by Gasteiger charge is 2.40. The van der Waals surface area contributed by atoms with Gasteiger partial charge in [0.1, 0.15) is 19.8 Å². The summed E-state index contributed by atoms with van der Waals surface area (Å²) in [6.07, 6.45) is 2.47. The number of aromatic carboxylic acids is 1. The van der Waals surface area contributed by atoms with E-state index in [1.165, 1.54) is 24.3 Å². The van der Waals surface area contributed by atoms with Gasteiger partial charge < -0.3 is 24.1 Å². The molecule has 0 unspecified atom stereocenters. The van der Waals surface area contributed by atoms with Crippen molar-refractivity contribution in [3.05, 3.63) is 73.4 Å². The van der Waals surface area contributed by atoms with Gasteiger partial charge in [0, 0.05) is 18.2 Å². The standard InChI is InChI=1S/C21H20O10/c1-4-16(22)28-11-21(31-18(24)6-3,12-29-17(23)5-2)13-30-20(27)15-10-8-7-9-14(15)19(25)26/h4-10H,1-3,11-13H2,(H,25,26). The van der Waals surface area contributed by atoms with Gasteiger partial charge in [0.05, 0.1) is 11.1 Å². The predicted molar refractivity (Wildman–Crippen MR) is 105 cm³/mol. The van der Waals surface area contributed by atoms with Gasteiger partial charge >= 0.3 is 29.8 Å². The Morgan fingerprint density at radius 2 is 1.23 bits per heavy atom. The van der Waals surface area contributed by atoms with Gasteiger partial charge in [-0.15, -0.1) is 0 Å². The van der Waals surface area contributed by atoms with Crippen molar-refractivity contribution in [3.8, 4) is 0 Å². The molecule has 1 N–H and O–H groups in total. The summed E-state index contributed by atoms with van der Waals surface area (Å²) < 4.78 is 20.1. The zero-order valence-electron chi connectivity index (χ0n) is 16.4. The molecule has 0 fully saturated rings. The third kappa shape index (κ3) is 7.61. The Balaban J connectivity index is 3.19. The minimum absolute atomic E-state index is 0.273. The van der Waals surface area contributed by atoms with Gasteiger partial charge in [-0.05, 0) is 12.1 Å². The molecule has 0 aliphatic heterocycles. The van der Waals surface area contributed by atoms with E-state index in [1.54, 1.807) is 0 Å². The average Bonchev–Trinajstić information content (AvgIpc) is 2.78. The first kappa shape index (κ1) is 24.8. The lowest BCUT2D eigenvalue weighted by molar-refractivity contribution is -0.184. The van der Waals surface area contributed by atoms with Crippen LogP contribution >= 0.6 is 0 Å². The topological polar surface area (TPSA) is 142 Å². The lowest BCUT2D eigenvalue weighted by Crippen LogP contribution is -2.49. The first-order valence-electron chi connectivity index (χ1n) is 8.61. The van der Waals surface area contributed by atoms with E-state index in [-0.39, 0.29) is 11.1 Å². The Labute approximate surface area is 177 Å². The van der Waals surface area contributed by atoms with Crippen molar-refractivity contribution in [1.29, 1.82) is 0 Å². The van der Waals surface area contributed by atoms with Crippen LogP contribution < -0.4 is 0 Å². The van der Waals surface area contributed by atoms with Crippen LogP contribution in [0.5, 0.6) is 0 Å². The monoisotopic (exact) mass is 432 g/mol. The number of carbonyl (C=O) groups is 5. The first-order valence-corrected chi connectivity index (χ1v) is 8.61. The van der Waals surface area contributed by atoms with Gasteiger partial charge in [-0.25, -0.2) is 24.0 Å². The molecule has 0 aromatic heterocycles. The van der Waals surface area contributed by atoms with Crippen molar-refractivity contribution >= 4 is 29.8 Å². The van der Waals surface area contributed by atoms with Crippen LogP contribution in [-0.2, 0) is 33.3 Å². The van der Waals surface area contributed by atoms with E-state index in [4.69, 9.17) is 18.9 Å². The highest BCUT2D eigenvalue weighted by atomic mass is 16.6. The van der Waals surface area contributed by atoms with Crippen LogP contribution in [0.1, 0.15) is 20.7 Å². The molecule has 1 rings (SSSR count). The lowest BCUT2D eigenvalue weighted by Gasteiger charge is -2.31. The molecule has 0 saturated heterocycles. The number of carboxylic acids is 1. The van der Waals surface area contributed by atoms with E-state index < -0.39 is 55.3 Å². The summed E-state index contributed by atoms with van der Waals surface area (Å²) >= 11 is 0. The number of esters is 4. The summed E-state index contributed by atoms with van der Waals surface area (Å²) in [5, 5.41) is 9.22. The van der Waals surface area contributed by atoms with Gasteiger partial charge in [0.15, 0.2) is 0 Å². The largest absolute Gasteiger partial charge is 0.478 e. The molecule has 0 spiro atoms. The van der Waals surface area contributed by atoms with Crippen LogP contribution in [0.3, 0.4) is 0 Å². The molecule has 0 radical (unpaired) electrons. The maximum absolute atomic E-state index is 12.5. The van der Waals surface area contributed by atoms with Crippen molar-refractivity contribution in [2.45, 2.75) is 5.60 Å². The number of carbonyl (C=O) groups excluding carboxylic acids is 4. The van der Waals surface area contributed by atoms with Gasteiger partial charge in [-0.2, -0.15) is 0 Å². The summed E-state index contributed by atoms with van der Waals surface area (Å²) in [4.78, 5) is 58.6. The van der Waals surface area contributed by atoms with Crippen LogP contribution in [-0.4, -0.2) is 60.4 Å². The lowest BCUT2D eigenvalue weighted by atomic mass is 10.1. The van der Waals surface area contributed by atoms with Crippen LogP contribution in [0.4, 0.5) is 0 Å². The Hall–Kier alpha value is -4.21. The predicted octanol–water partition coefficient (Wildman–Crippen LogP) is 1.47.